The van der Waals surface area contributed by atoms with Crippen molar-refractivity contribution in [2.45, 2.75) is 25.8 Å². The van der Waals surface area contributed by atoms with Gasteiger partial charge in [0.25, 0.3) is 5.91 Å². The van der Waals surface area contributed by atoms with Gasteiger partial charge in [0.05, 0.1) is 20.3 Å². The van der Waals surface area contributed by atoms with E-state index in [9.17, 15) is 4.79 Å². The normalized spacial score (nSPS) is 16.4. The number of carbonyl (C=O) groups is 1. The van der Waals surface area contributed by atoms with E-state index in [0.717, 1.165) is 30.5 Å². The number of carbonyl (C=O) groups excluding carboxylic acids is 1. The van der Waals surface area contributed by atoms with Crippen molar-refractivity contribution >= 4 is 5.91 Å². The Kier molecular flexibility index (Phi) is 6.93. The van der Waals surface area contributed by atoms with Crippen LogP contribution in [0.4, 0.5) is 0 Å². The summed E-state index contributed by atoms with van der Waals surface area (Å²) in [5.41, 5.74) is 1.84. The SMILES string of the molecule is COc1ccc(C(=O)NCC(c2ccc(OC)cc2)N2CCC(C)CC2)cc1. The van der Waals surface area contributed by atoms with Crippen LogP contribution in [0.3, 0.4) is 0 Å². The number of nitrogens with zero attached hydrogens (tertiary/aromatic N) is 1. The number of nitrogens with one attached hydrogen (secondary N) is 1. The van der Waals surface area contributed by atoms with Gasteiger partial charge in [0, 0.05) is 12.1 Å². The highest BCUT2D eigenvalue weighted by atomic mass is 16.5. The number of ether oxygens (including phenoxy) is 2. The number of rotatable bonds is 7. The topological polar surface area (TPSA) is 50.8 Å². The standard InChI is InChI=1S/C23H30N2O3/c1-17-12-14-25(15-13-17)22(18-4-8-20(27-2)9-5-18)16-24-23(26)19-6-10-21(28-3)11-7-19/h4-11,17,22H,12-16H2,1-3H3,(H,24,26). The van der Waals surface area contributed by atoms with E-state index in [-0.39, 0.29) is 11.9 Å². The van der Waals surface area contributed by atoms with Gasteiger partial charge in [-0.3, -0.25) is 9.69 Å². The highest BCUT2D eigenvalue weighted by Crippen LogP contribution is 2.27. The third-order valence-electron chi connectivity index (χ3n) is 5.57. The lowest BCUT2D eigenvalue weighted by atomic mass is 9.95. The highest BCUT2D eigenvalue weighted by Gasteiger charge is 2.25. The van der Waals surface area contributed by atoms with Crippen molar-refractivity contribution in [2.75, 3.05) is 33.9 Å². The lowest BCUT2D eigenvalue weighted by Crippen LogP contribution is -2.42. The molecule has 1 saturated heterocycles. The molecule has 5 nitrogen and oxygen atoms in total. The Morgan fingerprint density at radius 2 is 1.54 bits per heavy atom. The average molecular weight is 383 g/mol. The van der Waals surface area contributed by atoms with Gasteiger partial charge in [-0.05, 0) is 73.8 Å². The molecule has 0 aliphatic carbocycles. The average Bonchev–Trinajstić information content (AvgIpc) is 2.75. The molecule has 5 heteroatoms. The second-order valence-electron chi connectivity index (χ2n) is 7.45. The summed E-state index contributed by atoms with van der Waals surface area (Å²) in [5.74, 6) is 2.29. The molecule has 1 heterocycles. The molecule has 1 N–H and O–H groups in total. The maximum absolute atomic E-state index is 12.6. The molecule has 2 aromatic carbocycles. The minimum atomic E-state index is -0.0634. The maximum Gasteiger partial charge on any atom is 0.251 e. The van der Waals surface area contributed by atoms with Crippen molar-refractivity contribution < 1.29 is 14.3 Å². The van der Waals surface area contributed by atoms with Crippen LogP contribution in [0.2, 0.25) is 0 Å². The maximum atomic E-state index is 12.6. The molecule has 2 aromatic rings. The van der Waals surface area contributed by atoms with Gasteiger partial charge in [0.2, 0.25) is 0 Å². The minimum Gasteiger partial charge on any atom is -0.497 e. The van der Waals surface area contributed by atoms with E-state index in [1.54, 1.807) is 26.4 Å². The summed E-state index contributed by atoms with van der Waals surface area (Å²) in [6.45, 7) is 4.99. The molecule has 28 heavy (non-hydrogen) atoms. The summed E-state index contributed by atoms with van der Waals surface area (Å²) in [7, 11) is 3.29. The Morgan fingerprint density at radius 3 is 2.07 bits per heavy atom. The molecule has 0 bridgehead atoms. The molecular weight excluding hydrogens is 352 g/mol. The highest BCUT2D eigenvalue weighted by molar-refractivity contribution is 5.94. The lowest BCUT2D eigenvalue weighted by molar-refractivity contribution is 0.0913. The van der Waals surface area contributed by atoms with Gasteiger partial charge < -0.3 is 14.8 Å². The molecule has 1 fully saturated rings. The first-order chi connectivity index (χ1) is 13.6. The smallest absolute Gasteiger partial charge is 0.251 e. The van der Waals surface area contributed by atoms with Gasteiger partial charge >= 0.3 is 0 Å². The fourth-order valence-corrected chi connectivity index (χ4v) is 3.66. The number of likely N-dealkylation sites (tertiary alicyclic amines) is 1. The van der Waals surface area contributed by atoms with Gasteiger partial charge in [-0.15, -0.1) is 0 Å². The number of piperidine rings is 1. The molecule has 1 unspecified atom stereocenters. The van der Waals surface area contributed by atoms with E-state index in [2.05, 4.69) is 29.3 Å². The number of amides is 1. The van der Waals surface area contributed by atoms with Crippen molar-refractivity contribution in [1.82, 2.24) is 10.2 Å². The Labute approximate surface area is 167 Å². The monoisotopic (exact) mass is 382 g/mol. The number of hydrogen-bond acceptors (Lipinski definition) is 4. The number of benzene rings is 2. The van der Waals surface area contributed by atoms with Crippen molar-refractivity contribution in [3.8, 4) is 11.5 Å². The number of hydrogen-bond donors (Lipinski definition) is 1. The second kappa shape index (κ2) is 9.60. The first-order valence-corrected chi connectivity index (χ1v) is 9.91. The van der Waals surface area contributed by atoms with Gasteiger partial charge in [-0.25, -0.2) is 0 Å². The zero-order valence-corrected chi connectivity index (χ0v) is 17.0. The van der Waals surface area contributed by atoms with E-state index in [0.29, 0.717) is 12.1 Å². The lowest BCUT2D eigenvalue weighted by Gasteiger charge is -2.37. The van der Waals surface area contributed by atoms with Crippen LogP contribution < -0.4 is 14.8 Å². The van der Waals surface area contributed by atoms with Crippen LogP contribution >= 0.6 is 0 Å². The molecule has 150 valence electrons. The molecular formula is C23H30N2O3. The minimum absolute atomic E-state index is 0.0634. The van der Waals surface area contributed by atoms with E-state index >= 15 is 0 Å². The Morgan fingerprint density at radius 1 is 1.00 bits per heavy atom. The first-order valence-electron chi connectivity index (χ1n) is 9.91. The summed E-state index contributed by atoms with van der Waals surface area (Å²) in [6, 6.07) is 15.5. The predicted molar refractivity (Wildman–Crippen MR) is 111 cm³/mol. The van der Waals surface area contributed by atoms with E-state index in [1.807, 2.05) is 24.3 Å². The van der Waals surface area contributed by atoms with E-state index in [1.165, 1.54) is 18.4 Å². The molecule has 3 rings (SSSR count). The van der Waals surface area contributed by atoms with Crippen LogP contribution in [0.15, 0.2) is 48.5 Å². The van der Waals surface area contributed by atoms with E-state index in [4.69, 9.17) is 9.47 Å². The van der Waals surface area contributed by atoms with Crippen LogP contribution in [0.1, 0.15) is 41.7 Å². The number of methoxy groups -OCH3 is 2. The fourth-order valence-electron chi connectivity index (χ4n) is 3.66. The van der Waals surface area contributed by atoms with Gasteiger partial charge in [-0.2, -0.15) is 0 Å². The molecule has 1 amide bonds. The van der Waals surface area contributed by atoms with Crippen LogP contribution in [0.5, 0.6) is 11.5 Å². The molecule has 1 aliphatic rings. The summed E-state index contributed by atoms with van der Waals surface area (Å²) in [5, 5.41) is 3.12. The van der Waals surface area contributed by atoms with Crippen molar-refractivity contribution in [1.29, 1.82) is 0 Å². The molecule has 1 atom stereocenters. The Bertz CT molecular complexity index is 750. The fraction of sp³-hybridized carbons (Fsp3) is 0.435. The second-order valence-corrected chi connectivity index (χ2v) is 7.45. The zero-order valence-electron chi connectivity index (χ0n) is 17.0. The van der Waals surface area contributed by atoms with E-state index < -0.39 is 0 Å². The van der Waals surface area contributed by atoms with Gasteiger partial charge in [0.15, 0.2) is 0 Å². The largest absolute Gasteiger partial charge is 0.497 e. The van der Waals surface area contributed by atoms with Crippen molar-refractivity contribution in [2.24, 2.45) is 5.92 Å². The summed E-state index contributed by atoms with van der Waals surface area (Å²) >= 11 is 0. The summed E-state index contributed by atoms with van der Waals surface area (Å²) in [4.78, 5) is 15.1. The van der Waals surface area contributed by atoms with Crippen molar-refractivity contribution in [3.63, 3.8) is 0 Å². The van der Waals surface area contributed by atoms with Gasteiger partial charge in [0.1, 0.15) is 11.5 Å². The summed E-state index contributed by atoms with van der Waals surface area (Å²) in [6.07, 6.45) is 2.39. The molecule has 0 spiro atoms. The Hall–Kier alpha value is -2.53. The third-order valence-corrected chi connectivity index (χ3v) is 5.57. The van der Waals surface area contributed by atoms with Crippen molar-refractivity contribution in [3.05, 3.63) is 59.7 Å². The quantitative estimate of drug-likeness (QED) is 0.789. The molecule has 0 saturated carbocycles. The van der Waals surface area contributed by atoms with Crippen LogP contribution in [-0.4, -0.2) is 44.7 Å². The summed E-state index contributed by atoms with van der Waals surface area (Å²) < 4.78 is 10.5. The Balaban J connectivity index is 1.71. The van der Waals surface area contributed by atoms with Crippen LogP contribution in [0.25, 0.3) is 0 Å². The molecule has 0 aromatic heterocycles. The van der Waals surface area contributed by atoms with Crippen LogP contribution in [0, 0.1) is 5.92 Å². The van der Waals surface area contributed by atoms with Crippen LogP contribution in [-0.2, 0) is 0 Å². The first kappa shape index (κ1) is 20.2. The molecule has 1 aliphatic heterocycles. The zero-order chi connectivity index (χ0) is 19.9. The third kappa shape index (κ3) is 5.04. The predicted octanol–water partition coefficient (Wildman–Crippen LogP) is 3.91. The van der Waals surface area contributed by atoms with Gasteiger partial charge in [-0.1, -0.05) is 19.1 Å². The molecule has 0 radical (unpaired) electrons.